The minimum absolute atomic E-state index is 0.404. The van der Waals surface area contributed by atoms with Gasteiger partial charge >= 0.3 is 0 Å². The second-order valence-corrected chi connectivity index (χ2v) is 6.93. The van der Waals surface area contributed by atoms with E-state index >= 15 is 0 Å². The molecule has 0 heterocycles. The molecule has 108 valence electrons. The molecule has 0 bridgehead atoms. The average molecular weight is 300 g/mol. The molecule has 1 atom stereocenters. The fourth-order valence-corrected chi connectivity index (χ4v) is 3.18. The molecule has 0 aliphatic rings. The van der Waals surface area contributed by atoms with Crippen LogP contribution in [0.4, 0.5) is 0 Å². The lowest BCUT2D eigenvalue weighted by molar-refractivity contribution is 0.576. The van der Waals surface area contributed by atoms with Gasteiger partial charge in [-0.2, -0.15) is 11.8 Å². The maximum absolute atomic E-state index is 6.24. The summed E-state index contributed by atoms with van der Waals surface area (Å²) < 4.78 is 0. The van der Waals surface area contributed by atoms with E-state index in [4.69, 9.17) is 11.6 Å². The number of thioether (sulfide) groups is 1. The normalized spacial score (nSPS) is 12.9. The van der Waals surface area contributed by atoms with Crippen LogP contribution in [0.2, 0.25) is 5.02 Å². The van der Waals surface area contributed by atoms with Crippen LogP contribution in [-0.2, 0) is 0 Å². The smallest absolute Gasteiger partial charge is 0.0438 e. The van der Waals surface area contributed by atoms with Crippen LogP contribution in [-0.4, -0.2) is 18.1 Å². The van der Waals surface area contributed by atoms with Crippen molar-refractivity contribution in [1.82, 2.24) is 5.32 Å². The lowest BCUT2D eigenvalue weighted by atomic mass is 10.1. The third kappa shape index (κ3) is 6.20. The van der Waals surface area contributed by atoms with Crippen molar-refractivity contribution in [2.75, 3.05) is 18.1 Å². The van der Waals surface area contributed by atoms with Gasteiger partial charge in [-0.3, -0.25) is 0 Å². The highest BCUT2D eigenvalue weighted by Crippen LogP contribution is 2.24. The van der Waals surface area contributed by atoms with Gasteiger partial charge in [-0.05, 0) is 48.8 Å². The molecule has 0 saturated heterocycles. The third-order valence-corrected chi connectivity index (χ3v) is 4.85. The van der Waals surface area contributed by atoms with Crippen molar-refractivity contribution in [1.29, 1.82) is 0 Å². The largest absolute Gasteiger partial charge is 0.309 e. The molecule has 0 radical (unpaired) electrons. The van der Waals surface area contributed by atoms with Crippen LogP contribution in [0.3, 0.4) is 0 Å². The standard InChI is InChI=1S/C16H26ClNS/c1-5-8-18-16(11-19-10-12(2)3)14-7-6-13(4)15(17)9-14/h6-7,9,12,16,18H,5,8,10-11H2,1-4H3. The Morgan fingerprint density at radius 2 is 2.00 bits per heavy atom. The van der Waals surface area contributed by atoms with Crippen LogP contribution < -0.4 is 5.32 Å². The molecule has 1 aromatic carbocycles. The van der Waals surface area contributed by atoms with E-state index in [1.165, 1.54) is 11.3 Å². The Bertz CT molecular complexity index is 379. The van der Waals surface area contributed by atoms with Crippen molar-refractivity contribution in [2.24, 2.45) is 5.92 Å². The molecular weight excluding hydrogens is 274 g/mol. The van der Waals surface area contributed by atoms with Crippen LogP contribution in [0.1, 0.15) is 44.4 Å². The molecule has 1 N–H and O–H groups in total. The number of nitrogens with one attached hydrogen (secondary N) is 1. The molecular formula is C16H26ClNS. The second kappa shape index (κ2) is 8.89. The molecule has 0 aromatic heterocycles. The molecule has 1 rings (SSSR count). The minimum atomic E-state index is 0.404. The van der Waals surface area contributed by atoms with Gasteiger partial charge in [-0.15, -0.1) is 0 Å². The maximum atomic E-state index is 6.24. The molecule has 0 saturated carbocycles. The van der Waals surface area contributed by atoms with Crippen molar-refractivity contribution in [3.63, 3.8) is 0 Å². The highest BCUT2D eigenvalue weighted by molar-refractivity contribution is 7.99. The molecule has 1 aromatic rings. The Balaban J connectivity index is 2.68. The fraction of sp³-hybridized carbons (Fsp3) is 0.625. The van der Waals surface area contributed by atoms with Crippen LogP contribution in [0.15, 0.2) is 18.2 Å². The summed E-state index contributed by atoms with van der Waals surface area (Å²) in [5, 5.41) is 4.50. The molecule has 0 aliphatic carbocycles. The molecule has 0 fully saturated rings. The maximum Gasteiger partial charge on any atom is 0.0438 e. The summed E-state index contributed by atoms with van der Waals surface area (Å²) in [6.45, 7) is 9.84. The highest BCUT2D eigenvalue weighted by Gasteiger charge is 2.12. The molecule has 19 heavy (non-hydrogen) atoms. The van der Waals surface area contributed by atoms with E-state index in [-0.39, 0.29) is 0 Å². The molecule has 3 heteroatoms. The monoisotopic (exact) mass is 299 g/mol. The molecule has 1 nitrogen and oxygen atoms in total. The number of hydrogen-bond donors (Lipinski definition) is 1. The predicted molar refractivity (Wildman–Crippen MR) is 89.4 cm³/mol. The van der Waals surface area contributed by atoms with Gasteiger partial charge in [0.15, 0.2) is 0 Å². The second-order valence-electron chi connectivity index (χ2n) is 5.45. The molecule has 0 amide bonds. The van der Waals surface area contributed by atoms with Gasteiger partial charge in [-0.25, -0.2) is 0 Å². The first-order valence-electron chi connectivity index (χ1n) is 7.11. The number of halogens is 1. The topological polar surface area (TPSA) is 12.0 Å². The van der Waals surface area contributed by atoms with E-state index in [1.807, 2.05) is 18.7 Å². The Morgan fingerprint density at radius 1 is 1.26 bits per heavy atom. The van der Waals surface area contributed by atoms with Crippen molar-refractivity contribution < 1.29 is 0 Å². The molecule has 1 unspecified atom stereocenters. The summed E-state index contributed by atoms with van der Waals surface area (Å²) in [4.78, 5) is 0. The van der Waals surface area contributed by atoms with Crippen LogP contribution in [0, 0.1) is 12.8 Å². The Hall–Kier alpha value is -0.180. The summed E-state index contributed by atoms with van der Waals surface area (Å²) in [7, 11) is 0. The van der Waals surface area contributed by atoms with Gasteiger partial charge in [0, 0.05) is 16.8 Å². The Labute approximate surface area is 127 Å². The zero-order chi connectivity index (χ0) is 14.3. The number of aryl methyl sites for hydroxylation is 1. The number of rotatable bonds is 8. The SMILES string of the molecule is CCCNC(CSCC(C)C)c1ccc(C)c(Cl)c1. The minimum Gasteiger partial charge on any atom is -0.309 e. The zero-order valence-corrected chi connectivity index (χ0v) is 14.1. The summed E-state index contributed by atoms with van der Waals surface area (Å²) in [6, 6.07) is 6.83. The van der Waals surface area contributed by atoms with E-state index in [0.29, 0.717) is 6.04 Å². The quantitative estimate of drug-likeness (QED) is 0.718. The first-order valence-corrected chi connectivity index (χ1v) is 8.65. The van der Waals surface area contributed by atoms with E-state index in [2.05, 4.69) is 44.3 Å². The van der Waals surface area contributed by atoms with Crippen LogP contribution in [0.25, 0.3) is 0 Å². The zero-order valence-electron chi connectivity index (χ0n) is 12.5. The third-order valence-electron chi connectivity index (χ3n) is 2.97. The lowest BCUT2D eigenvalue weighted by Gasteiger charge is -2.20. The fourth-order valence-electron chi connectivity index (χ4n) is 1.84. The van der Waals surface area contributed by atoms with E-state index in [0.717, 1.165) is 35.2 Å². The van der Waals surface area contributed by atoms with Gasteiger partial charge in [0.2, 0.25) is 0 Å². The molecule has 0 aliphatic heterocycles. The number of benzene rings is 1. The van der Waals surface area contributed by atoms with Crippen molar-refractivity contribution in [3.05, 3.63) is 34.3 Å². The van der Waals surface area contributed by atoms with Crippen molar-refractivity contribution in [3.8, 4) is 0 Å². The van der Waals surface area contributed by atoms with Gasteiger partial charge in [0.25, 0.3) is 0 Å². The first kappa shape index (κ1) is 16.9. The average Bonchev–Trinajstić information content (AvgIpc) is 2.36. The predicted octanol–water partition coefficient (Wildman–Crippen LogP) is 5.08. The number of hydrogen-bond acceptors (Lipinski definition) is 2. The Morgan fingerprint density at radius 3 is 2.58 bits per heavy atom. The van der Waals surface area contributed by atoms with Gasteiger partial charge in [0.05, 0.1) is 0 Å². The van der Waals surface area contributed by atoms with Gasteiger partial charge in [0.1, 0.15) is 0 Å². The summed E-state index contributed by atoms with van der Waals surface area (Å²) in [6.07, 6.45) is 1.16. The van der Waals surface area contributed by atoms with Crippen molar-refractivity contribution in [2.45, 2.75) is 40.2 Å². The van der Waals surface area contributed by atoms with E-state index < -0.39 is 0 Å². The van der Waals surface area contributed by atoms with Crippen molar-refractivity contribution >= 4 is 23.4 Å². The highest BCUT2D eigenvalue weighted by atomic mass is 35.5. The first-order chi connectivity index (χ1) is 9.04. The Kier molecular flexibility index (Phi) is 7.89. The van der Waals surface area contributed by atoms with Gasteiger partial charge in [-0.1, -0.05) is 44.5 Å². The van der Waals surface area contributed by atoms with E-state index in [1.54, 1.807) is 0 Å². The summed E-state index contributed by atoms with van der Waals surface area (Å²) in [5.41, 5.74) is 2.45. The lowest BCUT2D eigenvalue weighted by Crippen LogP contribution is -2.24. The summed E-state index contributed by atoms with van der Waals surface area (Å²) >= 11 is 8.26. The summed E-state index contributed by atoms with van der Waals surface area (Å²) in [5.74, 6) is 3.07. The van der Waals surface area contributed by atoms with Crippen LogP contribution >= 0.6 is 23.4 Å². The van der Waals surface area contributed by atoms with E-state index in [9.17, 15) is 0 Å². The van der Waals surface area contributed by atoms with Gasteiger partial charge < -0.3 is 5.32 Å². The van der Waals surface area contributed by atoms with Crippen LogP contribution in [0.5, 0.6) is 0 Å². The molecule has 0 spiro atoms.